The summed E-state index contributed by atoms with van der Waals surface area (Å²) in [6.07, 6.45) is 2.37. The number of ketones is 1. The van der Waals surface area contributed by atoms with Crippen LogP contribution in [0.3, 0.4) is 0 Å². The molecule has 0 aliphatic carbocycles. The van der Waals surface area contributed by atoms with Gasteiger partial charge >= 0.3 is 0 Å². The zero-order valence-corrected chi connectivity index (χ0v) is 20.2. The molecule has 2 amide bonds. The number of carbonyl (C=O) groups is 3. The average Bonchev–Trinajstić information content (AvgIpc) is 3.16. The second-order valence-corrected chi connectivity index (χ2v) is 8.27. The Bertz CT molecular complexity index is 1400. The number of para-hydroxylation sites is 1. The van der Waals surface area contributed by atoms with Gasteiger partial charge in [0.05, 0.1) is 41.3 Å². The van der Waals surface area contributed by atoms with Crippen molar-refractivity contribution in [3.8, 4) is 11.3 Å². The molecule has 2 aromatic heterocycles. The van der Waals surface area contributed by atoms with Crippen molar-refractivity contribution < 1.29 is 14.4 Å². The number of hydrazine groups is 1. The van der Waals surface area contributed by atoms with Gasteiger partial charge in [-0.05, 0) is 29.7 Å². The molecule has 1 aliphatic heterocycles. The number of aromatic nitrogens is 2. The van der Waals surface area contributed by atoms with Crippen molar-refractivity contribution in [2.75, 3.05) is 22.7 Å². The van der Waals surface area contributed by atoms with E-state index in [9.17, 15) is 14.4 Å². The molecule has 0 unspecified atom stereocenters. The molecule has 1 aromatic carbocycles. The van der Waals surface area contributed by atoms with Gasteiger partial charge in [-0.3, -0.25) is 19.1 Å². The molecule has 0 atom stereocenters. The fraction of sp³-hybridized carbons (Fsp3) is 0.125. The molecular weight excluding hydrogens is 480 g/mol. The second kappa shape index (κ2) is 10.1. The van der Waals surface area contributed by atoms with Gasteiger partial charge in [0, 0.05) is 30.6 Å². The Morgan fingerprint density at radius 2 is 1.94 bits per heavy atom. The molecule has 6 N–H and O–H groups in total. The van der Waals surface area contributed by atoms with Crippen molar-refractivity contribution in [3.05, 3.63) is 70.9 Å². The molecule has 3 aromatic rings. The predicted octanol–water partition coefficient (Wildman–Crippen LogP) is 2.22. The summed E-state index contributed by atoms with van der Waals surface area (Å²) in [7, 11) is 0. The number of carbonyl (C=O) groups excluding carboxylic acids is 3. The lowest BCUT2D eigenvalue weighted by Crippen LogP contribution is -2.41. The van der Waals surface area contributed by atoms with Gasteiger partial charge in [0.15, 0.2) is 5.78 Å². The minimum absolute atomic E-state index is 0.0350. The SMILES string of the molecule is CC(=O)N(N)c1cc(-c2c(Nc3ccccc3)c3c(n2N)CN(C(=O)/C(C=N)=C/S)CC3=O)ccn1. The summed E-state index contributed by atoms with van der Waals surface area (Å²) in [5.74, 6) is 11.3. The number of nitrogens with two attached hydrogens (primary N) is 2. The molecule has 36 heavy (non-hydrogen) atoms. The Morgan fingerprint density at radius 3 is 2.58 bits per heavy atom. The van der Waals surface area contributed by atoms with Crippen molar-refractivity contribution in [1.82, 2.24) is 14.6 Å². The van der Waals surface area contributed by atoms with Gasteiger partial charge in [-0.25, -0.2) is 15.8 Å². The first-order chi connectivity index (χ1) is 17.3. The third-order valence-corrected chi connectivity index (χ3v) is 6.02. The van der Waals surface area contributed by atoms with E-state index in [-0.39, 0.29) is 30.3 Å². The Morgan fingerprint density at radius 1 is 1.22 bits per heavy atom. The number of hydrogen-bond acceptors (Lipinski definition) is 9. The number of nitrogens with zero attached hydrogens (tertiary/aromatic N) is 4. The van der Waals surface area contributed by atoms with Crippen LogP contribution in [0, 0.1) is 5.41 Å². The maximum atomic E-state index is 13.4. The molecular formula is C24H24N8O3S. The fourth-order valence-corrected chi connectivity index (χ4v) is 4.18. The van der Waals surface area contributed by atoms with E-state index in [1.54, 1.807) is 12.1 Å². The van der Waals surface area contributed by atoms with Gasteiger partial charge < -0.3 is 21.5 Å². The number of amides is 2. The minimum atomic E-state index is -0.509. The van der Waals surface area contributed by atoms with Crippen LogP contribution in [0.15, 0.2) is 59.6 Å². The first-order valence-electron chi connectivity index (χ1n) is 10.8. The van der Waals surface area contributed by atoms with Crippen LogP contribution in [-0.4, -0.2) is 44.9 Å². The first kappa shape index (κ1) is 24.7. The van der Waals surface area contributed by atoms with Crippen LogP contribution in [0.25, 0.3) is 11.3 Å². The Hall–Kier alpha value is -4.42. The van der Waals surface area contributed by atoms with E-state index in [1.165, 1.54) is 28.1 Å². The number of pyridine rings is 1. The van der Waals surface area contributed by atoms with Crippen LogP contribution in [0.5, 0.6) is 0 Å². The summed E-state index contributed by atoms with van der Waals surface area (Å²) in [4.78, 5) is 43.5. The molecule has 0 radical (unpaired) electrons. The zero-order chi connectivity index (χ0) is 26.0. The van der Waals surface area contributed by atoms with E-state index in [4.69, 9.17) is 17.1 Å². The molecule has 0 bridgehead atoms. The maximum Gasteiger partial charge on any atom is 0.256 e. The summed E-state index contributed by atoms with van der Waals surface area (Å²) in [5, 5.41) is 12.9. The monoisotopic (exact) mass is 504 g/mol. The van der Waals surface area contributed by atoms with Crippen LogP contribution < -0.4 is 22.0 Å². The fourth-order valence-electron chi connectivity index (χ4n) is 3.99. The third kappa shape index (κ3) is 4.46. The normalized spacial score (nSPS) is 13.2. The van der Waals surface area contributed by atoms with Crippen molar-refractivity contribution in [3.63, 3.8) is 0 Å². The van der Waals surface area contributed by atoms with E-state index >= 15 is 0 Å². The van der Waals surface area contributed by atoms with Crippen molar-refractivity contribution in [2.45, 2.75) is 13.5 Å². The van der Waals surface area contributed by atoms with E-state index in [0.29, 0.717) is 28.2 Å². The standard InChI is InChI=1S/C24H24N8O3S/c1-14(33)31(26)20-9-15(7-8-28-20)23-22(29-17-5-3-2-4-6-17)21-18(32(23)27)11-30(12-19(21)34)24(35)16(10-25)13-36/h2-10,13,25,29,36H,11-12,26-27H2,1H3/b16-13+,25-10?. The lowest BCUT2D eigenvalue weighted by atomic mass is 10.0. The summed E-state index contributed by atoms with van der Waals surface area (Å²) in [6.45, 7) is 1.15. The number of nitrogens with one attached hydrogen (secondary N) is 2. The van der Waals surface area contributed by atoms with Gasteiger partial charge in [0.2, 0.25) is 5.91 Å². The largest absolute Gasteiger partial charge is 0.353 e. The van der Waals surface area contributed by atoms with Gasteiger partial charge in [-0.1, -0.05) is 18.2 Å². The molecule has 0 saturated heterocycles. The summed E-state index contributed by atoms with van der Waals surface area (Å²) in [5.41, 5.74) is 2.97. The highest BCUT2D eigenvalue weighted by molar-refractivity contribution is 7.83. The van der Waals surface area contributed by atoms with Crippen LogP contribution in [0.2, 0.25) is 0 Å². The number of anilines is 3. The zero-order valence-electron chi connectivity index (χ0n) is 19.3. The lowest BCUT2D eigenvalue weighted by molar-refractivity contribution is -0.127. The summed E-state index contributed by atoms with van der Waals surface area (Å²) >= 11 is 3.99. The number of rotatable bonds is 6. The molecule has 12 heteroatoms. The summed E-state index contributed by atoms with van der Waals surface area (Å²) in [6, 6.07) is 12.5. The number of thiol groups is 1. The Kier molecular flexibility index (Phi) is 6.90. The van der Waals surface area contributed by atoms with E-state index in [2.05, 4.69) is 22.9 Å². The van der Waals surface area contributed by atoms with Gasteiger partial charge in [0.1, 0.15) is 5.82 Å². The molecule has 0 fully saturated rings. The highest BCUT2D eigenvalue weighted by Gasteiger charge is 2.35. The van der Waals surface area contributed by atoms with E-state index < -0.39 is 11.8 Å². The smallest absolute Gasteiger partial charge is 0.256 e. The van der Waals surface area contributed by atoms with Crippen molar-refractivity contribution in [2.24, 2.45) is 5.84 Å². The Balaban J connectivity index is 1.88. The topological polar surface area (TPSA) is 163 Å². The molecule has 0 saturated carbocycles. The maximum absolute atomic E-state index is 13.4. The lowest BCUT2D eigenvalue weighted by Gasteiger charge is -2.27. The molecule has 0 spiro atoms. The predicted molar refractivity (Wildman–Crippen MR) is 140 cm³/mol. The number of benzene rings is 1. The molecule has 184 valence electrons. The molecule has 4 rings (SSSR count). The molecule has 3 heterocycles. The quantitative estimate of drug-likeness (QED) is 0.0858. The highest BCUT2D eigenvalue weighted by atomic mass is 32.1. The van der Waals surface area contributed by atoms with Crippen LogP contribution in [-0.2, 0) is 16.1 Å². The van der Waals surface area contributed by atoms with Crippen molar-refractivity contribution >= 4 is 53.6 Å². The highest BCUT2D eigenvalue weighted by Crippen LogP contribution is 2.40. The number of fused-ring (bicyclic) bond motifs is 1. The van der Waals surface area contributed by atoms with E-state index in [1.807, 2.05) is 30.3 Å². The van der Waals surface area contributed by atoms with Gasteiger partial charge in [-0.15, -0.1) is 0 Å². The van der Waals surface area contributed by atoms with Crippen LogP contribution in [0.1, 0.15) is 23.0 Å². The Labute approximate surface area is 212 Å². The first-order valence-corrected chi connectivity index (χ1v) is 11.3. The minimum Gasteiger partial charge on any atom is -0.353 e. The number of Topliss-reactive ketones (excluding diaryl/α,β-unsaturated/α-hetero) is 1. The third-order valence-electron chi connectivity index (χ3n) is 5.74. The molecule has 11 nitrogen and oxygen atoms in total. The van der Waals surface area contributed by atoms with Gasteiger partial charge in [0.25, 0.3) is 5.91 Å². The van der Waals surface area contributed by atoms with Crippen LogP contribution >= 0.6 is 12.6 Å². The van der Waals surface area contributed by atoms with Crippen molar-refractivity contribution in [1.29, 1.82) is 5.41 Å². The number of hydrogen-bond donors (Lipinski definition) is 5. The average molecular weight is 505 g/mol. The van der Waals surface area contributed by atoms with Crippen LogP contribution in [0.4, 0.5) is 17.2 Å². The second-order valence-electron chi connectivity index (χ2n) is 8.01. The van der Waals surface area contributed by atoms with E-state index in [0.717, 1.165) is 16.9 Å². The molecule has 1 aliphatic rings. The van der Waals surface area contributed by atoms with Gasteiger partial charge in [-0.2, -0.15) is 12.6 Å². The number of nitrogen functional groups attached to an aromatic ring is 1. The summed E-state index contributed by atoms with van der Waals surface area (Å²) < 4.78 is 1.35.